The number of hydrogen-bond acceptors (Lipinski definition) is 2. The van der Waals surface area contributed by atoms with Gasteiger partial charge in [0.2, 0.25) is 5.91 Å². The van der Waals surface area contributed by atoms with Gasteiger partial charge in [0.15, 0.2) is 0 Å². The highest BCUT2D eigenvalue weighted by atomic mass is 16.2. The second-order valence-corrected chi connectivity index (χ2v) is 5.76. The minimum absolute atomic E-state index is 0.218. The lowest BCUT2D eigenvalue weighted by Crippen LogP contribution is -2.35. The topological polar surface area (TPSA) is 32.3 Å². The quantitative estimate of drug-likeness (QED) is 0.768. The van der Waals surface area contributed by atoms with Crippen LogP contribution in [0.25, 0.3) is 0 Å². The summed E-state index contributed by atoms with van der Waals surface area (Å²) in [6.45, 7) is 9.36. The van der Waals surface area contributed by atoms with Crippen LogP contribution in [0.1, 0.15) is 33.6 Å². The van der Waals surface area contributed by atoms with Crippen molar-refractivity contribution in [1.82, 2.24) is 10.2 Å². The summed E-state index contributed by atoms with van der Waals surface area (Å²) in [5, 5.41) is 3.23. The first-order valence-electron chi connectivity index (χ1n) is 5.86. The Balaban J connectivity index is 2.32. The van der Waals surface area contributed by atoms with E-state index in [1.54, 1.807) is 0 Å². The van der Waals surface area contributed by atoms with E-state index in [4.69, 9.17) is 0 Å². The summed E-state index contributed by atoms with van der Waals surface area (Å²) in [4.78, 5) is 13.8. The minimum atomic E-state index is 0.218. The second-order valence-electron chi connectivity index (χ2n) is 5.76. The predicted molar refractivity (Wildman–Crippen MR) is 62.7 cm³/mol. The lowest BCUT2D eigenvalue weighted by Gasteiger charge is -2.25. The predicted octanol–water partition coefficient (Wildman–Crippen LogP) is 1.49. The van der Waals surface area contributed by atoms with Crippen molar-refractivity contribution in [1.29, 1.82) is 0 Å². The monoisotopic (exact) mass is 212 g/mol. The lowest BCUT2D eigenvalue weighted by molar-refractivity contribution is -0.133. The van der Waals surface area contributed by atoms with Crippen LogP contribution in [0.15, 0.2) is 0 Å². The van der Waals surface area contributed by atoms with Crippen molar-refractivity contribution in [3.8, 4) is 0 Å². The Hall–Kier alpha value is -0.570. The van der Waals surface area contributed by atoms with Gasteiger partial charge in [0.05, 0.1) is 5.92 Å². The summed E-state index contributed by atoms with van der Waals surface area (Å²) in [6.07, 6.45) is 2.06. The number of nitrogens with one attached hydrogen (secondary N) is 1. The number of carbonyl (C=O) groups excluding carboxylic acids is 1. The SMILES string of the molecule is CN(CCC(C)(C)C)C(=O)C1CCNC1. The van der Waals surface area contributed by atoms with Crippen LogP contribution in [0.2, 0.25) is 0 Å². The van der Waals surface area contributed by atoms with Crippen molar-refractivity contribution in [3.63, 3.8) is 0 Å². The number of carbonyl (C=O) groups is 1. The molecule has 0 aliphatic carbocycles. The summed E-state index contributed by atoms with van der Waals surface area (Å²) in [6, 6.07) is 0. The standard InChI is InChI=1S/C12H24N2O/c1-12(2,3)6-8-14(4)11(15)10-5-7-13-9-10/h10,13H,5-9H2,1-4H3. The Morgan fingerprint density at radius 2 is 2.13 bits per heavy atom. The molecule has 0 aromatic rings. The van der Waals surface area contributed by atoms with Gasteiger partial charge in [-0.15, -0.1) is 0 Å². The Bertz CT molecular complexity index is 214. The maximum Gasteiger partial charge on any atom is 0.226 e. The smallest absolute Gasteiger partial charge is 0.226 e. The van der Waals surface area contributed by atoms with Crippen molar-refractivity contribution in [2.75, 3.05) is 26.7 Å². The molecule has 1 amide bonds. The van der Waals surface area contributed by atoms with E-state index in [9.17, 15) is 4.79 Å². The first kappa shape index (κ1) is 12.5. The fraction of sp³-hybridized carbons (Fsp3) is 0.917. The van der Waals surface area contributed by atoms with Gasteiger partial charge in [-0.25, -0.2) is 0 Å². The highest BCUT2D eigenvalue weighted by Gasteiger charge is 2.25. The highest BCUT2D eigenvalue weighted by Crippen LogP contribution is 2.19. The van der Waals surface area contributed by atoms with E-state index >= 15 is 0 Å². The second kappa shape index (κ2) is 4.97. The molecule has 0 aromatic heterocycles. The van der Waals surface area contributed by atoms with Crippen LogP contribution in [-0.2, 0) is 4.79 Å². The van der Waals surface area contributed by atoms with Crippen molar-refractivity contribution >= 4 is 5.91 Å². The molecule has 88 valence electrons. The van der Waals surface area contributed by atoms with Crippen LogP contribution in [0.4, 0.5) is 0 Å². The van der Waals surface area contributed by atoms with Gasteiger partial charge in [0.25, 0.3) is 0 Å². The minimum Gasteiger partial charge on any atom is -0.345 e. The van der Waals surface area contributed by atoms with Gasteiger partial charge in [-0.05, 0) is 24.8 Å². The van der Waals surface area contributed by atoms with Crippen molar-refractivity contribution in [2.24, 2.45) is 11.3 Å². The van der Waals surface area contributed by atoms with Crippen LogP contribution >= 0.6 is 0 Å². The average molecular weight is 212 g/mol. The van der Waals surface area contributed by atoms with Gasteiger partial charge >= 0.3 is 0 Å². The fourth-order valence-corrected chi connectivity index (χ4v) is 1.79. The van der Waals surface area contributed by atoms with E-state index in [-0.39, 0.29) is 5.92 Å². The van der Waals surface area contributed by atoms with Crippen LogP contribution < -0.4 is 5.32 Å². The zero-order valence-electron chi connectivity index (χ0n) is 10.5. The number of nitrogens with zero attached hydrogens (tertiary/aromatic N) is 1. The molecule has 3 nitrogen and oxygen atoms in total. The third-order valence-corrected chi connectivity index (χ3v) is 2.98. The molecule has 3 heteroatoms. The molecule has 0 bridgehead atoms. The molecule has 1 rings (SSSR count). The molecule has 1 saturated heterocycles. The summed E-state index contributed by atoms with van der Waals surface area (Å²) < 4.78 is 0. The lowest BCUT2D eigenvalue weighted by atomic mass is 9.92. The largest absolute Gasteiger partial charge is 0.345 e. The Morgan fingerprint density at radius 1 is 1.47 bits per heavy atom. The van der Waals surface area contributed by atoms with Crippen LogP contribution in [0.3, 0.4) is 0 Å². The van der Waals surface area contributed by atoms with Gasteiger partial charge in [-0.2, -0.15) is 0 Å². The van der Waals surface area contributed by atoms with Gasteiger partial charge < -0.3 is 10.2 Å². The summed E-state index contributed by atoms with van der Waals surface area (Å²) in [5.74, 6) is 0.527. The molecule has 1 aliphatic rings. The third kappa shape index (κ3) is 4.20. The van der Waals surface area contributed by atoms with E-state index in [2.05, 4.69) is 26.1 Å². The zero-order chi connectivity index (χ0) is 11.5. The molecule has 1 heterocycles. The molecule has 1 fully saturated rings. The van der Waals surface area contributed by atoms with Crippen LogP contribution in [0, 0.1) is 11.3 Å². The van der Waals surface area contributed by atoms with Crippen LogP contribution in [0.5, 0.6) is 0 Å². The molecule has 1 atom stereocenters. The van der Waals surface area contributed by atoms with Gasteiger partial charge in [0.1, 0.15) is 0 Å². The summed E-state index contributed by atoms with van der Waals surface area (Å²) in [7, 11) is 1.92. The van der Waals surface area contributed by atoms with Crippen molar-refractivity contribution in [3.05, 3.63) is 0 Å². The van der Waals surface area contributed by atoms with E-state index in [0.29, 0.717) is 11.3 Å². The fourth-order valence-electron chi connectivity index (χ4n) is 1.79. The normalized spacial score (nSPS) is 21.7. The maximum atomic E-state index is 11.9. The van der Waals surface area contributed by atoms with E-state index in [1.165, 1.54) is 0 Å². The number of amides is 1. The van der Waals surface area contributed by atoms with E-state index < -0.39 is 0 Å². The van der Waals surface area contributed by atoms with E-state index in [0.717, 1.165) is 32.5 Å². The molecule has 0 aromatic carbocycles. The van der Waals surface area contributed by atoms with Crippen LogP contribution in [-0.4, -0.2) is 37.5 Å². The average Bonchev–Trinajstić information content (AvgIpc) is 2.64. The van der Waals surface area contributed by atoms with Gasteiger partial charge in [-0.3, -0.25) is 4.79 Å². The maximum absolute atomic E-state index is 11.9. The molecule has 1 unspecified atom stereocenters. The number of rotatable bonds is 3. The molecule has 1 aliphatic heterocycles. The van der Waals surface area contributed by atoms with Gasteiger partial charge in [0, 0.05) is 20.1 Å². The number of hydrogen-bond donors (Lipinski definition) is 1. The zero-order valence-corrected chi connectivity index (χ0v) is 10.5. The van der Waals surface area contributed by atoms with Crippen molar-refractivity contribution in [2.45, 2.75) is 33.6 Å². The molecule has 15 heavy (non-hydrogen) atoms. The summed E-state index contributed by atoms with van der Waals surface area (Å²) >= 11 is 0. The molecule has 0 saturated carbocycles. The molecule has 0 radical (unpaired) electrons. The summed E-state index contributed by atoms with van der Waals surface area (Å²) in [5.41, 5.74) is 0.308. The molecular weight excluding hydrogens is 188 g/mol. The third-order valence-electron chi connectivity index (χ3n) is 2.98. The Kier molecular flexibility index (Phi) is 4.14. The molecular formula is C12H24N2O. The Morgan fingerprint density at radius 3 is 2.60 bits per heavy atom. The molecule has 1 N–H and O–H groups in total. The first-order chi connectivity index (χ1) is 6.90. The van der Waals surface area contributed by atoms with Gasteiger partial charge in [-0.1, -0.05) is 20.8 Å². The Labute approximate surface area is 93.2 Å². The van der Waals surface area contributed by atoms with Crippen molar-refractivity contribution < 1.29 is 4.79 Å². The molecule has 0 spiro atoms. The van der Waals surface area contributed by atoms with E-state index in [1.807, 2.05) is 11.9 Å². The highest BCUT2D eigenvalue weighted by molar-refractivity contribution is 5.79. The first-order valence-corrected chi connectivity index (χ1v) is 5.86.